The van der Waals surface area contributed by atoms with Crippen molar-refractivity contribution in [3.05, 3.63) is 23.8 Å². The molecular weight excluding hydrogens is 242 g/mol. The first kappa shape index (κ1) is 13.6. The van der Waals surface area contributed by atoms with E-state index >= 15 is 0 Å². The lowest BCUT2D eigenvalue weighted by Gasteiger charge is -2.27. The molecule has 1 aromatic carbocycles. The molecule has 1 fully saturated rings. The Morgan fingerprint density at radius 2 is 1.94 bits per heavy atom. The number of rotatable bonds is 3. The molecule has 2 rings (SSSR count). The van der Waals surface area contributed by atoms with E-state index in [-0.39, 0.29) is 0 Å². The third-order valence-electron chi connectivity index (χ3n) is 4.22. The Kier molecular flexibility index (Phi) is 4.44. The molecule has 1 aromatic rings. The Bertz CT molecular complexity index is 436. The largest absolute Gasteiger partial charge is 0.398 e. The molecule has 2 nitrogen and oxygen atoms in total. The lowest BCUT2D eigenvalue weighted by atomic mass is 9.87. The summed E-state index contributed by atoms with van der Waals surface area (Å²) in [6, 6.07) is 5.75. The van der Waals surface area contributed by atoms with Gasteiger partial charge in [-0.3, -0.25) is 4.21 Å². The van der Waals surface area contributed by atoms with Gasteiger partial charge in [0.2, 0.25) is 0 Å². The van der Waals surface area contributed by atoms with E-state index in [2.05, 4.69) is 6.92 Å². The third-order valence-corrected chi connectivity index (χ3v) is 6.17. The van der Waals surface area contributed by atoms with Crippen molar-refractivity contribution in [2.75, 3.05) is 5.73 Å². The molecule has 1 aliphatic rings. The van der Waals surface area contributed by atoms with E-state index in [0.717, 1.165) is 34.9 Å². The highest BCUT2D eigenvalue weighted by atomic mass is 32.2. The van der Waals surface area contributed by atoms with E-state index in [4.69, 9.17) is 5.73 Å². The van der Waals surface area contributed by atoms with Crippen molar-refractivity contribution in [2.24, 2.45) is 5.92 Å². The predicted octanol–water partition coefficient (Wildman–Crippen LogP) is 3.65. The lowest BCUT2D eigenvalue weighted by Crippen LogP contribution is -2.23. The first-order chi connectivity index (χ1) is 8.63. The number of benzene rings is 1. The van der Waals surface area contributed by atoms with Gasteiger partial charge in [0.15, 0.2) is 0 Å². The molecule has 0 bridgehead atoms. The molecule has 0 saturated heterocycles. The van der Waals surface area contributed by atoms with Gasteiger partial charge >= 0.3 is 0 Å². The Morgan fingerprint density at radius 1 is 1.28 bits per heavy atom. The number of anilines is 1. The van der Waals surface area contributed by atoms with E-state index in [1.807, 2.05) is 25.1 Å². The maximum absolute atomic E-state index is 12.6. The second-order valence-electron chi connectivity index (χ2n) is 5.32. The number of nitrogen functional groups attached to an aromatic ring is 1. The quantitative estimate of drug-likeness (QED) is 0.848. The highest BCUT2D eigenvalue weighted by Gasteiger charge is 2.26. The van der Waals surface area contributed by atoms with Gasteiger partial charge in [-0.15, -0.1) is 0 Å². The highest BCUT2D eigenvalue weighted by molar-refractivity contribution is 7.85. The van der Waals surface area contributed by atoms with Crippen molar-refractivity contribution in [3.8, 4) is 0 Å². The van der Waals surface area contributed by atoms with Crippen LogP contribution in [0.1, 0.15) is 44.6 Å². The molecule has 2 N–H and O–H groups in total. The molecule has 1 aliphatic carbocycles. The fourth-order valence-electron chi connectivity index (χ4n) is 2.78. The minimum Gasteiger partial charge on any atom is -0.398 e. The second-order valence-corrected chi connectivity index (χ2v) is 7.02. The average Bonchev–Trinajstić information content (AvgIpc) is 2.41. The molecule has 18 heavy (non-hydrogen) atoms. The second kappa shape index (κ2) is 5.87. The summed E-state index contributed by atoms with van der Waals surface area (Å²) in [6.45, 7) is 4.23. The predicted molar refractivity (Wildman–Crippen MR) is 78.0 cm³/mol. The van der Waals surface area contributed by atoms with Gasteiger partial charge in [0.1, 0.15) is 0 Å². The van der Waals surface area contributed by atoms with E-state index < -0.39 is 10.8 Å². The lowest BCUT2D eigenvalue weighted by molar-refractivity contribution is 0.353. The van der Waals surface area contributed by atoms with Crippen LogP contribution in [0.4, 0.5) is 5.69 Å². The van der Waals surface area contributed by atoms with Gasteiger partial charge in [-0.2, -0.15) is 0 Å². The Morgan fingerprint density at radius 3 is 2.56 bits per heavy atom. The van der Waals surface area contributed by atoms with Crippen LogP contribution < -0.4 is 5.73 Å². The van der Waals surface area contributed by atoms with E-state index in [0.29, 0.717) is 5.25 Å². The minimum absolute atomic E-state index is 0.327. The summed E-state index contributed by atoms with van der Waals surface area (Å²) in [4.78, 5) is 0.940. The molecule has 100 valence electrons. The van der Waals surface area contributed by atoms with Gasteiger partial charge in [0.25, 0.3) is 0 Å². The van der Waals surface area contributed by atoms with Gasteiger partial charge in [-0.25, -0.2) is 0 Å². The standard InChI is InChI=1S/C15H23NOS/c1-3-12-7-9-13(10-8-12)18(17)15-6-4-5-14(16)11(15)2/h4-6,12-13H,3,7-10,16H2,1-2H3. The molecule has 0 radical (unpaired) electrons. The van der Waals surface area contributed by atoms with Crippen molar-refractivity contribution >= 4 is 16.5 Å². The zero-order chi connectivity index (χ0) is 13.1. The summed E-state index contributed by atoms with van der Waals surface area (Å²) in [5.41, 5.74) is 7.64. The van der Waals surface area contributed by atoms with Crippen LogP contribution in [0.5, 0.6) is 0 Å². The molecule has 1 saturated carbocycles. The van der Waals surface area contributed by atoms with E-state index in [9.17, 15) is 4.21 Å². The summed E-state index contributed by atoms with van der Waals surface area (Å²) in [5.74, 6) is 0.847. The normalized spacial score (nSPS) is 25.9. The topological polar surface area (TPSA) is 43.1 Å². The number of hydrogen-bond donors (Lipinski definition) is 1. The summed E-state index contributed by atoms with van der Waals surface area (Å²) < 4.78 is 12.6. The monoisotopic (exact) mass is 265 g/mol. The molecule has 1 unspecified atom stereocenters. The van der Waals surface area contributed by atoms with Crippen molar-refractivity contribution < 1.29 is 4.21 Å². The minimum atomic E-state index is -0.889. The average molecular weight is 265 g/mol. The Balaban J connectivity index is 2.10. The van der Waals surface area contributed by atoms with E-state index in [1.54, 1.807) is 0 Å². The number of hydrogen-bond acceptors (Lipinski definition) is 2. The summed E-state index contributed by atoms with van der Waals surface area (Å²) in [7, 11) is -0.889. The SMILES string of the molecule is CCC1CCC(S(=O)c2cccc(N)c2C)CC1. The summed E-state index contributed by atoms with van der Waals surface area (Å²) in [6.07, 6.45) is 5.91. The molecule has 3 heteroatoms. The fourth-order valence-corrected chi connectivity index (χ4v) is 4.47. The molecule has 0 aliphatic heterocycles. The molecule has 1 atom stereocenters. The van der Waals surface area contributed by atoms with Crippen LogP contribution in [0.3, 0.4) is 0 Å². The van der Waals surface area contributed by atoms with Crippen LogP contribution in [-0.2, 0) is 10.8 Å². The van der Waals surface area contributed by atoms with Crippen LogP contribution in [0.15, 0.2) is 23.1 Å². The smallest absolute Gasteiger partial charge is 0.0564 e. The fraction of sp³-hybridized carbons (Fsp3) is 0.600. The maximum atomic E-state index is 12.6. The van der Waals surface area contributed by atoms with Crippen molar-refractivity contribution in [2.45, 2.75) is 56.1 Å². The van der Waals surface area contributed by atoms with Gasteiger partial charge in [0, 0.05) is 15.8 Å². The Labute approximate surface area is 112 Å². The zero-order valence-corrected chi connectivity index (χ0v) is 12.1. The van der Waals surface area contributed by atoms with E-state index in [1.165, 1.54) is 19.3 Å². The van der Waals surface area contributed by atoms with Crippen LogP contribution in [0, 0.1) is 12.8 Å². The van der Waals surface area contributed by atoms with Gasteiger partial charge in [-0.05, 0) is 56.2 Å². The van der Waals surface area contributed by atoms with Crippen LogP contribution in [0.2, 0.25) is 0 Å². The first-order valence-corrected chi connectivity index (χ1v) is 8.10. The van der Waals surface area contributed by atoms with Crippen molar-refractivity contribution in [3.63, 3.8) is 0 Å². The Hall–Kier alpha value is -0.830. The zero-order valence-electron chi connectivity index (χ0n) is 11.3. The van der Waals surface area contributed by atoms with Gasteiger partial charge in [-0.1, -0.05) is 19.4 Å². The van der Waals surface area contributed by atoms with Crippen LogP contribution in [-0.4, -0.2) is 9.46 Å². The van der Waals surface area contributed by atoms with Crippen molar-refractivity contribution in [1.82, 2.24) is 0 Å². The first-order valence-electron chi connectivity index (χ1n) is 6.89. The molecule has 0 amide bonds. The van der Waals surface area contributed by atoms with Crippen molar-refractivity contribution in [1.29, 1.82) is 0 Å². The van der Waals surface area contributed by atoms with Crippen LogP contribution in [0.25, 0.3) is 0 Å². The third kappa shape index (κ3) is 2.77. The highest BCUT2D eigenvalue weighted by Crippen LogP contribution is 2.32. The summed E-state index contributed by atoms with van der Waals surface area (Å²) >= 11 is 0. The van der Waals surface area contributed by atoms with Gasteiger partial charge < -0.3 is 5.73 Å². The summed E-state index contributed by atoms with van der Waals surface area (Å²) in [5, 5.41) is 0.327. The van der Waals surface area contributed by atoms with Crippen LogP contribution >= 0.6 is 0 Å². The molecule has 0 heterocycles. The molecular formula is C15H23NOS. The molecule has 0 aromatic heterocycles. The van der Waals surface area contributed by atoms with Gasteiger partial charge in [0.05, 0.1) is 10.8 Å². The maximum Gasteiger partial charge on any atom is 0.0564 e. The number of nitrogens with two attached hydrogens (primary N) is 1. The molecule has 0 spiro atoms.